The molecule has 2 aliphatic rings. The van der Waals surface area contributed by atoms with Crippen molar-refractivity contribution in [3.8, 4) is 0 Å². The van der Waals surface area contributed by atoms with Crippen LogP contribution >= 0.6 is 0 Å². The van der Waals surface area contributed by atoms with Crippen LogP contribution in [0.3, 0.4) is 0 Å². The fourth-order valence-corrected chi connectivity index (χ4v) is 5.23. The summed E-state index contributed by atoms with van der Waals surface area (Å²) >= 11 is 0. The highest BCUT2D eigenvalue weighted by atomic mass is 32.2. The first-order valence-corrected chi connectivity index (χ1v) is 8.55. The third-order valence-electron chi connectivity index (χ3n) is 4.65. The van der Waals surface area contributed by atoms with E-state index < -0.39 is 10.0 Å². The molecule has 1 aromatic carbocycles. The van der Waals surface area contributed by atoms with Crippen LogP contribution in [0.15, 0.2) is 34.3 Å². The predicted octanol–water partition coefficient (Wildman–Crippen LogP) is 2.70. The summed E-state index contributed by atoms with van der Waals surface area (Å²) in [5, 5.41) is 3.64. The number of nitrogens with zero attached hydrogens (tertiary/aromatic N) is 4. The Bertz CT molecular complexity index is 679. The molecule has 1 heterocycles. The molecular weight excluding hydrogens is 288 g/mol. The maximum Gasteiger partial charge on any atom is 0.243 e. The monoisotopic (exact) mass is 306 g/mol. The lowest BCUT2D eigenvalue weighted by Crippen LogP contribution is -2.40. The molecule has 1 aliphatic heterocycles. The summed E-state index contributed by atoms with van der Waals surface area (Å²) in [7, 11) is -3.40. The van der Waals surface area contributed by atoms with Gasteiger partial charge >= 0.3 is 0 Å². The average molecular weight is 306 g/mol. The van der Waals surface area contributed by atoms with Gasteiger partial charge in [-0.1, -0.05) is 22.8 Å². The maximum absolute atomic E-state index is 12.7. The van der Waals surface area contributed by atoms with Gasteiger partial charge in [0.05, 0.1) is 4.90 Å². The molecule has 0 aromatic heterocycles. The van der Waals surface area contributed by atoms with Gasteiger partial charge in [0.1, 0.15) is 0 Å². The molecule has 1 aliphatic carbocycles. The summed E-state index contributed by atoms with van der Waals surface area (Å²) in [4.78, 5) is 3.17. The Kier molecular flexibility index (Phi) is 3.65. The van der Waals surface area contributed by atoms with Crippen LogP contribution < -0.4 is 0 Å². The van der Waals surface area contributed by atoms with E-state index in [2.05, 4.69) is 10.0 Å². The molecule has 1 saturated carbocycles. The highest BCUT2D eigenvalue weighted by Gasteiger charge is 2.48. The highest BCUT2D eigenvalue weighted by Crippen LogP contribution is 2.44. The van der Waals surface area contributed by atoms with Crippen LogP contribution in [-0.4, -0.2) is 31.9 Å². The highest BCUT2D eigenvalue weighted by molar-refractivity contribution is 7.89. The summed E-state index contributed by atoms with van der Waals surface area (Å²) in [5.74, 6) is 0.649. The molecule has 0 radical (unpaired) electrons. The summed E-state index contributed by atoms with van der Waals surface area (Å²) in [6, 6.07) is 7.06. The van der Waals surface area contributed by atoms with Crippen LogP contribution in [0.2, 0.25) is 0 Å². The predicted molar refractivity (Wildman–Crippen MR) is 79.1 cm³/mol. The third kappa shape index (κ3) is 2.52. The molecule has 1 unspecified atom stereocenters. The van der Waals surface area contributed by atoms with E-state index >= 15 is 0 Å². The van der Waals surface area contributed by atoms with Gasteiger partial charge in [-0.15, -0.1) is 0 Å². The van der Waals surface area contributed by atoms with E-state index in [1.807, 2.05) is 19.1 Å². The number of azide groups is 1. The Hall–Kier alpha value is -1.56. The minimum atomic E-state index is -3.40. The van der Waals surface area contributed by atoms with E-state index in [9.17, 15) is 8.42 Å². The van der Waals surface area contributed by atoms with Crippen molar-refractivity contribution in [2.45, 2.75) is 30.7 Å². The first kappa shape index (κ1) is 14.4. The zero-order chi connectivity index (χ0) is 15.0. The molecular formula is C14H18N4O2S. The molecule has 0 amide bonds. The van der Waals surface area contributed by atoms with Crippen molar-refractivity contribution < 1.29 is 8.42 Å². The third-order valence-corrected chi connectivity index (χ3v) is 6.58. The van der Waals surface area contributed by atoms with Crippen molar-refractivity contribution in [2.24, 2.45) is 17.0 Å². The van der Waals surface area contributed by atoms with Gasteiger partial charge in [-0.3, -0.25) is 0 Å². The van der Waals surface area contributed by atoms with E-state index in [0.29, 0.717) is 29.8 Å². The van der Waals surface area contributed by atoms with Crippen molar-refractivity contribution in [3.63, 3.8) is 0 Å². The summed E-state index contributed by atoms with van der Waals surface area (Å²) in [6.07, 6.45) is 1.69. The Morgan fingerprint density at radius 1 is 1.33 bits per heavy atom. The van der Waals surface area contributed by atoms with Gasteiger partial charge in [-0.05, 0) is 49.3 Å². The van der Waals surface area contributed by atoms with Crippen LogP contribution in [0.5, 0.6) is 0 Å². The average Bonchev–Trinajstić information content (AvgIpc) is 3.05. The number of benzene rings is 1. The number of piperidine rings is 1. The van der Waals surface area contributed by atoms with Crippen LogP contribution in [0.4, 0.5) is 0 Å². The number of hydrogen-bond acceptors (Lipinski definition) is 3. The van der Waals surface area contributed by atoms with Crippen molar-refractivity contribution in [1.82, 2.24) is 4.31 Å². The molecule has 0 N–H and O–H groups in total. The van der Waals surface area contributed by atoms with Gasteiger partial charge in [0, 0.05) is 24.0 Å². The minimum absolute atomic E-state index is 0.0557. The number of hydrogen-bond donors (Lipinski definition) is 0. The van der Waals surface area contributed by atoms with E-state index in [4.69, 9.17) is 5.53 Å². The quantitative estimate of drug-likeness (QED) is 0.486. The van der Waals surface area contributed by atoms with E-state index in [0.717, 1.165) is 18.4 Å². The lowest BCUT2D eigenvalue weighted by Gasteiger charge is -2.30. The van der Waals surface area contributed by atoms with Crippen molar-refractivity contribution in [2.75, 3.05) is 13.1 Å². The van der Waals surface area contributed by atoms with Crippen LogP contribution in [-0.2, 0) is 10.0 Å². The van der Waals surface area contributed by atoms with E-state index in [1.54, 1.807) is 16.4 Å². The largest absolute Gasteiger partial charge is 0.243 e. The Morgan fingerprint density at radius 3 is 2.62 bits per heavy atom. The first-order valence-electron chi connectivity index (χ1n) is 7.11. The first-order chi connectivity index (χ1) is 10.0. The van der Waals surface area contributed by atoms with Crippen molar-refractivity contribution >= 4 is 10.0 Å². The smallest absolute Gasteiger partial charge is 0.207 e. The second-order valence-electron chi connectivity index (χ2n) is 5.95. The molecule has 3 atom stereocenters. The van der Waals surface area contributed by atoms with Gasteiger partial charge in [-0.2, -0.15) is 4.31 Å². The standard InChI is InChI=1S/C14H18N4O2S/c1-10-2-4-14(5-3-10)21(19,20)18-9-12-7-13(18)6-11(12)8-16-17-15/h2-5,11-13H,6-9H2,1H3/t11?,12-,13+/m0/s1. The zero-order valence-electron chi connectivity index (χ0n) is 11.9. The Morgan fingerprint density at radius 2 is 2.05 bits per heavy atom. The second kappa shape index (κ2) is 5.33. The SMILES string of the molecule is Cc1ccc(S(=O)(=O)N2C[C@@H]3C[C@H]2CC3CN=[N+]=[N-])cc1. The summed E-state index contributed by atoms with van der Waals surface area (Å²) in [5.41, 5.74) is 9.45. The van der Waals surface area contributed by atoms with Gasteiger partial charge in [0.25, 0.3) is 0 Å². The minimum Gasteiger partial charge on any atom is -0.207 e. The van der Waals surface area contributed by atoms with Gasteiger partial charge in [-0.25, -0.2) is 8.42 Å². The summed E-state index contributed by atoms with van der Waals surface area (Å²) in [6.45, 7) is 2.97. The number of sulfonamides is 1. The van der Waals surface area contributed by atoms with Gasteiger partial charge in [0.15, 0.2) is 0 Å². The molecule has 0 spiro atoms. The zero-order valence-corrected chi connectivity index (χ0v) is 12.7. The lowest BCUT2D eigenvalue weighted by molar-refractivity contribution is 0.267. The van der Waals surface area contributed by atoms with E-state index in [-0.39, 0.29) is 6.04 Å². The molecule has 21 heavy (non-hydrogen) atoms. The van der Waals surface area contributed by atoms with E-state index in [1.165, 1.54) is 0 Å². The number of fused-ring (bicyclic) bond motifs is 2. The van der Waals surface area contributed by atoms with Gasteiger partial charge in [0.2, 0.25) is 10.0 Å². The molecule has 3 rings (SSSR count). The molecule has 1 saturated heterocycles. The molecule has 1 aromatic rings. The Labute approximate surface area is 124 Å². The Balaban J connectivity index is 1.78. The van der Waals surface area contributed by atoms with Crippen LogP contribution in [0, 0.1) is 18.8 Å². The molecule has 7 heteroatoms. The normalized spacial score (nSPS) is 28.5. The molecule has 2 fully saturated rings. The molecule has 2 bridgehead atoms. The molecule has 112 valence electrons. The van der Waals surface area contributed by atoms with Crippen molar-refractivity contribution in [1.29, 1.82) is 0 Å². The fourth-order valence-electron chi connectivity index (χ4n) is 3.52. The number of rotatable bonds is 4. The second-order valence-corrected chi connectivity index (χ2v) is 7.84. The lowest BCUT2D eigenvalue weighted by atomic mass is 9.96. The topological polar surface area (TPSA) is 86.1 Å². The van der Waals surface area contributed by atoms with Crippen LogP contribution in [0.1, 0.15) is 18.4 Å². The maximum atomic E-state index is 12.7. The molecule has 6 nitrogen and oxygen atoms in total. The van der Waals surface area contributed by atoms with Crippen LogP contribution in [0.25, 0.3) is 10.4 Å². The fraction of sp³-hybridized carbons (Fsp3) is 0.571. The number of aryl methyl sites for hydroxylation is 1. The summed E-state index contributed by atoms with van der Waals surface area (Å²) < 4.78 is 27.0. The van der Waals surface area contributed by atoms with Gasteiger partial charge < -0.3 is 0 Å². The van der Waals surface area contributed by atoms with Crippen molar-refractivity contribution in [3.05, 3.63) is 40.3 Å².